The second kappa shape index (κ2) is 8.08. The Morgan fingerprint density at radius 3 is 2.79 bits per heavy atom. The van der Waals surface area contributed by atoms with Crippen LogP contribution < -0.4 is 0 Å². The number of rotatable bonds is 7. The number of nitrogens with zero attached hydrogens (tertiary/aromatic N) is 4. The van der Waals surface area contributed by atoms with E-state index < -0.39 is 0 Å². The normalized spacial score (nSPS) is 11.2. The van der Waals surface area contributed by atoms with E-state index in [4.69, 9.17) is 0 Å². The van der Waals surface area contributed by atoms with E-state index in [2.05, 4.69) is 38.8 Å². The molecule has 0 spiro atoms. The predicted molar refractivity (Wildman–Crippen MR) is 114 cm³/mol. The lowest BCUT2D eigenvalue weighted by atomic mass is 10.1. The molecule has 0 saturated heterocycles. The molecule has 8 heteroatoms. The van der Waals surface area contributed by atoms with Crippen molar-refractivity contribution in [3.05, 3.63) is 81.3 Å². The van der Waals surface area contributed by atoms with Gasteiger partial charge in [-0.3, -0.25) is 10.1 Å². The topological polar surface area (TPSA) is 89.6 Å². The molecule has 2 aromatic heterocycles. The SMILES string of the molecule is CCn1c(Cc2c[nH]c3ccccc23)nnc1SCc1cc(C)ccc1[N+](=O)[O-]. The van der Waals surface area contributed by atoms with Crippen molar-refractivity contribution in [3.63, 3.8) is 0 Å². The van der Waals surface area contributed by atoms with Crippen molar-refractivity contribution in [2.75, 3.05) is 0 Å². The van der Waals surface area contributed by atoms with Gasteiger partial charge in [0.2, 0.25) is 0 Å². The number of hydrogen-bond donors (Lipinski definition) is 1. The van der Waals surface area contributed by atoms with Gasteiger partial charge in [0.1, 0.15) is 5.82 Å². The summed E-state index contributed by atoms with van der Waals surface area (Å²) in [5, 5.41) is 22.0. The number of H-pyrrole nitrogens is 1. The van der Waals surface area contributed by atoms with Crippen molar-refractivity contribution in [3.8, 4) is 0 Å². The van der Waals surface area contributed by atoms with Crippen LogP contribution in [0, 0.1) is 17.0 Å². The third-order valence-electron chi connectivity index (χ3n) is 4.92. The first-order chi connectivity index (χ1) is 14.1. The molecule has 2 aromatic carbocycles. The number of aromatic nitrogens is 4. The average molecular weight is 407 g/mol. The zero-order valence-corrected chi connectivity index (χ0v) is 17.1. The minimum absolute atomic E-state index is 0.143. The van der Waals surface area contributed by atoms with Gasteiger partial charge in [-0.05, 0) is 31.5 Å². The van der Waals surface area contributed by atoms with Crippen LogP contribution in [0.15, 0.2) is 53.8 Å². The van der Waals surface area contributed by atoms with Gasteiger partial charge in [0, 0.05) is 47.4 Å². The number of aryl methyl sites for hydroxylation is 1. The first-order valence-electron chi connectivity index (χ1n) is 9.40. The summed E-state index contributed by atoms with van der Waals surface area (Å²) in [6.07, 6.45) is 2.69. The monoisotopic (exact) mass is 407 g/mol. The van der Waals surface area contributed by atoms with Gasteiger partial charge in [-0.1, -0.05) is 41.6 Å². The standard InChI is InChI=1S/C21H21N5O2S/c1-3-25-20(11-15-12-22-18-7-5-4-6-17(15)18)23-24-21(25)29-13-16-10-14(2)8-9-19(16)26(27)28/h4-10,12,22H,3,11,13H2,1-2H3. The van der Waals surface area contributed by atoms with Crippen molar-refractivity contribution < 1.29 is 4.92 Å². The van der Waals surface area contributed by atoms with Crippen LogP contribution in [0.4, 0.5) is 5.69 Å². The third-order valence-corrected chi connectivity index (χ3v) is 5.94. The molecule has 4 aromatic rings. The van der Waals surface area contributed by atoms with Crippen molar-refractivity contribution in [1.29, 1.82) is 0 Å². The average Bonchev–Trinajstić information content (AvgIpc) is 3.30. The molecule has 0 aliphatic heterocycles. The molecule has 0 radical (unpaired) electrons. The maximum atomic E-state index is 11.3. The Hall–Kier alpha value is -3.13. The van der Waals surface area contributed by atoms with Gasteiger partial charge in [-0.25, -0.2) is 0 Å². The number of nitro benzene ring substituents is 1. The van der Waals surface area contributed by atoms with E-state index in [1.165, 1.54) is 22.7 Å². The fourth-order valence-corrected chi connectivity index (χ4v) is 4.48. The van der Waals surface area contributed by atoms with E-state index in [1.54, 1.807) is 12.1 Å². The molecule has 7 nitrogen and oxygen atoms in total. The Morgan fingerprint density at radius 1 is 1.17 bits per heavy atom. The number of nitro groups is 1. The highest BCUT2D eigenvalue weighted by Crippen LogP contribution is 2.29. The molecular formula is C21H21N5O2S. The molecule has 0 saturated carbocycles. The van der Waals surface area contributed by atoms with Crippen LogP contribution in [0.2, 0.25) is 0 Å². The predicted octanol–water partition coefficient (Wildman–Crippen LogP) is 4.88. The number of hydrogen-bond acceptors (Lipinski definition) is 5. The molecule has 4 rings (SSSR count). The Morgan fingerprint density at radius 2 is 2.00 bits per heavy atom. The Labute approximate surface area is 172 Å². The lowest BCUT2D eigenvalue weighted by Crippen LogP contribution is -2.04. The molecular weight excluding hydrogens is 386 g/mol. The van der Waals surface area contributed by atoms with Crippen molar-refractivity contribution in [2.24, 2.45) is 0 Å². The summed E-state index contributed by atoms with van der Waals surface area (Å²) >= 11 is 1.48. The van der Waals surface area contributed by atoms with Gasteiger partial charge in [0.05, 0.1) is 4.92 Å². The van der Waals surface area contributed by atoms with Gasteiger partial charge < -0.3 is 9.55 Å². The van der Waals surface area contributed by atoms with Crippen LogP contribution in [0.5, 0.6) is 0 Å². The minimum Gasteiger partial charge on any atom is -0.361 e. The summed E-state index contributed by atoms with van der Waals surface area (Å²) < 4.78 is 2.08. The summed E-state index contributed by atoms with van der Waals surface area (Å²) in [6.45, 7) is 4.73. The minimum atomic E-state index is -0.331. The largest absolute Gasteiger partial charge is 0.361 e. The molecule has 0 aliphatic rings. The summed E-state index contributed by atoms with van der Waals surface area (Å²) in [7, 11) is 0. The molecule has 0 amide bonds. The number of fused-ring (bicyclic) bond motifs is 1. The smallest absolute Gasteiger partial charge is 0.273 e. The van der Waals surface area contributed by atoms with Crippen molar-refractivity contribution in [2.45, 2.75) is 37.7 Å². The molecule has 2 heterocycles. The lowest BCUT2D eigenvalue weighted by Gasteiger charge is -2.08. The second-order valence-corrected chi connectivity index (χ2v) is 7.80. The van der Waals surface area contributed by atoms with Crippen LogP contribution in [-0.2, 0) is 18.7 Å². The lowest BCUT2D eigenvalue weighted by molar-refractivity contribution is -0.385. The molecule has 148 valence electrons. The van der Waals surface area contributed by atoms with Crippen molar-refractivity contribution >= 4 is 28.4 Å². The number of aromatic amines is 1. The molecule has 1 N–H and O–H groups in total. The summed E-state index contributed by atoms with van der Waals surface area (Å²) in [6, 6.07) is 13.4. The van der Waals surface area contributed by atoms with E-state index >= 15 is 0 Å². The fraction of sp³-hybridized carbons (Fsp3) is 0.238. The van der Waals surface area contributed by atoms with E-state index in [9.17, 15) is 10.1 Å². The van der Waals surface area contributed by atoms with Gasteiger partial charge in [0.25, 0.3) is 5.69 Å². The van der Waals surface area contributed by atoms with Crippen LogP contribution in [-0.4, -0.2) is 24.7 Å². The summed E-state index contributed by atoms with van der Waals surface area (Å²) in [4.78, 5) is 14.3. The van der Waals surface area contributed by atoms with Gasteiger partial charge >= 0.3 is 0 Å². The number of benzene rings is 2. The Bertz CT molecular complexity index is 1180. The van der Waals surface area contributed by atoms with E-state index in [1.807, 2.05) is 31.3 Å². The van der Waals surface area contributed by atoms with Crippen LogP contribution >= 0.6 is 11.8 Å². The number of thioether (sulfide) groups is 1. The zero-order valence-electron chi connectivity index (χ0n) is 16.3. The molecule has 0 atom stereocenters. The number of para-hydroxylation sites is 1. The highest BCUT2D eigenvalue weighted by atomic mass is 32.2. The quantitative estimate of drug-likeness (QED) is 0.268. The van der Waals surface area contributed by atoms with Crippen LogP contribution in [0.1, 0.15) is 29.4 Å². The highest BCUT2D eigenvalue weighted by Gasteiger charge is 2.17. The second-order valence-electron chi connectivity index (χ2n) is 6.86. The third kappa shape index (κ3) is 3.88. The molecule has 0 bridgehead atoms. The fourth-order valence-electron chi connectivity index (χ4n) is 3.47. The summed E-state index contributed by atoms with van der Waals surface area (Å²) in [5.41, 5.74) is 4.12. The maximum Gasteiger partial charge on any atom is 0.273 e. The van der Waals surface area contributed by atoms with E-state index in [0.29, 0.717) is 17.7 Å². The molecule has 0 aliphatic carbocycles. The molecule has 0 fully saturated rings. The zero-order chi connectivity index (χ0) is 20.4. The first-order valence-corrected chi connectivity index (χ1v) is 10.4. The van der Waals surface area contributed by atoms with E-state index in [0.717, 1.165) is 28.6 Å². The Kier molecular flexibility index (Phi) is 5.35. The molecule has 0 unspecified atom stereocenters. The van der Waals surface area contributed by atoms with Gasteiger partial charge in [-0.15, -0.1) is 10.2 Å². The molecule has 29 heavy (non-hydrogen) atoms. The first kappa shape index (κ1) is 19.2. The van der Waals surface area contributed by atoms with Gasteiger partial charge in [-0.2, -0.15) is 0 Å². The maximum absolute atomic E-state index is 11.3. The highest BCUT2D eigenvalue weighted by molar-refractivity contribution is 7.98. The van der Waals surface area contributed by atoms with Crippen LogP contribution in [0.3, 0.4) is 0 Å². The van der Waals surface area contributed by atoms with Crippen molar-refractivity contribution in [1.82, 2.24) is 19.7 Å². The van der Waals surface area contributed by atoms with Crippen LogP contribution in [0.25, 0.3) is 10.9 Å². The number of nitrogens with one attached hydrogen (secondary N) is 1. The summed E-state index contributed by atoms with van der Waals surface area (Å²) in [5.74, 6) is 1.36. The Balaban J connectivity index is 1.57. The van der Waals surface area contributed by atoms with Gasteiger partial charge in [0.15, 0.2) is 5.16 Å². The van der Waals surface area contributed by atoms with E-state index in [-0.39, 0.29) is 10.6 Å².